The first-order chi connectivity index (χ1) is 12.3. The lowest BCUT2D eigenvalue weighted by atomic mass is 10.1. The summed E-state index contributed by atoms with van der Waals surface area (Å²) in [4.78, 5) is 6.99. The minimum absolute atomic E-state index is 0.0939. The van der Waals surface area contributed by atoms with Crippen molar-refractivity contribution in [3.63, 3.8) is 0 Å². The molecule has 2 unspecified atom stereocenters. The first kappa shape index (κ1) is 15.6. The highest BCUT2D eigenvalue weighted by atomic mass is 16.5. The number of hydrogen-bond donors (Lipinski definition) is 2. The van der Waals surface area contributed by atoms with Gasteiger partial charge in [-0.15, -0.1) is 0 Å². The molecule has 4 aliphatic rings. The smallest absolute Gasteiger partial charge is 0.216 e. The minimum Gasteiger partial charge on any atom is -0.477 e. The number of nitrogens with one attached hydrogen (secondary N) is 2. The maximum atomic E-state index is 5.74. The molecule has 0 amide bonds. The van der Waals surface area contributed by atoms with Crippen LogP contribution in [-0.2, 0) is 17.7 Å². The second kappa shape index (κ2) is 6.57. The van der Waals surface area contributed by atoms with Crippen LogP contribution in [-0.4, -0.2) is 66.6 Å². The fourth-order valence-electron chi connectivity index (χ4n) is 4.09. The second-order valence-corrected chi connectivity index (χ2v) is 7.18. The van der Waals surface area contributed by atoms with E-state index < -0.39 is 0 Å². The van der Waals surface area contributed by atoms with Crippen LogP contribution >= 0.6 is 0 Å². The maximum absolute atomic E-state index is 5.74. The van der Waals surface area contributed by atoms with Crippen molar-refractivity contribution in [1.82, 2.24) is 25.6 Å². The fourth-order valence-corrected chi connectivity index (χ4v) is 4.09. The monoisotopic (exact) mass is 343 g/mol. The minimum atomic E-state index is 0.0939. The molecule has 0 radical (unpaired) electrons. The molecule has 0 bridgehead atoms. The second-order valence-electron chi connectivity index (χ2n) is 7.18. The number of nitrogens with zero attached hydrogens (tertiary/aromatic N) is 3. The molecule has 0 aromatic carbocycles. The van der Waals surface area contributed by atoms with Crippen LogP contribution in [0.25, 0.3) is 0 Å². The topological polar surface area (TPSA) is 61.9 Å². The molecular weight excluding hydrogens is 318 g/mol. The van der Waals surface area contributed by atoms with Gasteiger partial charge in [-0.25, -0.2) is 10.4 Å². The molecular formula is C18H25N5O2. The average molecular weight is 343 g/mol. The van der Waals surface area contributed by atoms with Gasteiger partial charge in [-0.05, 0) is 30.5 Å². The highest BCUT2D eigenvalue weighted by Crippen LogP contribution is 2.25. The molecule has 0 saturated carbocycles. The number of ether oxygens (including phenoxy) is 2. The molecule has 0 aliphatic carbocycles. The van der Waals surface area contributed by atoms with E-state index in [4.69, 9.17) is 9.47 Å². The summed E-state index contributed by atoms with van der Waals surface area (Å²) in [5.41, 5.74) is 7.44. The van der Waals surface area contributed by atoms with Gasteiger partial charge in [0.2, 0.25) is 5.88 Å². The van der Waals surface area contributed by atoms with Gasteiger partial charge in [-0.1, -0.05) is 0 Å². The summed E-state index contributed by atoms with van der Waals surface area (Å²) in [7, 11) is 0. The van der Waals surface area contributed by atoms with Crippen LogP contribution in [0.3, 0.4) is 0 Å². The Morgan fingerprint density at radius 3 is 3.20 bits per heavy atom. The molecule has 7 heteroatoms. The van der Waals surface area contributed by atoms with E-state index in [1.807, 2.05) is 6.20 Å². The van der Waals surface area contributed by atoms with Crippen molar-refractivity contribution in [1.29, 1.82) is 0 Å². The number of pyridine rings is 1. The van der Waals surface area contributed by atoms with E-state index in [0.29, 0.717) is 0 Å². The molecule has 1 aromatic heterocycles. The summed E-state index contributed by atoms with van der Waals surface area (Å²) in [6.07, 6.45) is 6.55. The normalized spacial score (nSPS) is 29.1. The summed E-state index contributed by atoms with van der Waals surface area (Å²) < 4.78 is 11.4. The molecule has 5 rings (SSSR count). The predicted octanol–water partition coefficient (Wildman–Crippen LogP) is 0.241. The standard InChI is InChI=1S/C18H25N5O2/c1-2-14-8-13(10-20-17(14)24-6-1)11-22-4-5-23-15(12-22)9-16(21-23)18-19-3-7-25-18/h8-10,16,18-19,21H,1-7,11-12H2. The van der Waals surface area contributed by atoms with Gasteiger partial charge in [0.05, 0.1) is 19.3 Å². The zero-order chi connectivity index (χ0) is 16.6. The van der Waals surface area contributed by atoms with Gasteiger partial charge in [-0.3, -0.25) is 10.2 Å². The Hall–Kier alpha value is -1.67. The Bertz CT molecular complexity index is 673. The summed E-state index contributed by atoms with van der Waals surface area (Å²) in [6.45, 7) is 6.47. The lowest BCUT2D eigenvalue weighted by molar-refractivity contribution is 0.0578. The highest BCUT2D eigenvalue weighted by Gasteiger charge is 2.34. The van der Waals surface area contributed by atoms with Crippen molar-refractivity contribution in [2.75, 3.05) is 39.4 Å². The quantitative estimate of drug-likeness (QED) is 0.815. The molecule has 1 aromatic rings. The number of hydrogen-bond acceptors (Lipinski definition) is 7. The highest BCUT2D eigenvalue weighted by molar-refractivity contribution is 5.31. The van der Waals surface area contributed by atoms with Crippen LogP contribution in [0, 0.1) is 0 Å². The lowest BCUT2D eigenvalue weighted by Gasteiger charge is -2.35. The Balaban J connectivity index is 1.25. The Morgan fingerprint density at radius 2 is 2.28 bits per heavy atom. The van der Waals surface area contributed by atoms with E-state index >= 15 is 0 Å². The van der Waals surface area contributed by atoms with Gasteiger partial charge in [0, 0.05) is 50.2 Å². The van der Waals surface area contributed by atoms with Crippen molar-refractivity contribution in [2.24, 2.45) is 0 Å². The SMILES string of the molecule is C1=C2CN(Cc3cnc4c(c3)CCCO4)CCN2NC1C1NCCO1. The van der Waals surface area contributed by atoms with Gasteiger partial charge in [-0.2, -0.15) is 0 Å². The van der Waals surface area contributed by atoms with Crippen LogP contribution in [0.1, 0.15) is 17.5 Å². The molecule has 25 heavy (non-hydrogen) atoms. The van der Waals surface area contributed by atoms with Crippen molar-refractivity contribution < 1.29 is 9.47 Å². The number of piperazine rings is 1. The van der Waals surface area contributed by atoms with Crippen molar-refractivity contribution in [3.8, 4) is 5.88 Å². The number of aryl methyl sites for hydroxylation is 1. The largest absolute Gasteiger partial charge is 0.477 e. The first-order valence-corrected chi connectivity index (χ1v) is 9.27. The van der Waals surface area contributed by atoms with E-state index in [9.17, 15) is 0 Å². The number of rotatable bonds is 3. The molecule has 2 atom stereocenters. The van der Waals surface area contributed by atoms with E-state index in [1.165, 1.54) is 16.8 Å². The zero-order valence-electron chi connectivity index (χ0n) is 14.4. The molecule has 2 fully saturated rings. The van der Waals surface area contributed by atoms with Crippen LogP contribution in [0.15, 0.2) is 24.0 Å². The molecule has 0 spiro atoms. The fraction of sp³-hybridized carbons (Fsp3) is 0.611. The van der Waals surface area contributed by atoms with Crippen LogP contribution in [0.4, 0.5) is 0 Å². The summed E-state index contributed by atoms with van der Waals surface area (Å²) in [6, 6.07) is 2.51. The van der Waals surface area contributed by atoms with Gasteiger partial charge in [0.25, 0.3) is 0 Å². The Morgan fingerprint density at radius 1 is 1.28 bits per heavy atom. The van der Waals surface area contributed by atoms with Crippen LogP contribution < -0.4 is 15.5 Å². The van der Waals surface area contributed by atoms with Gasteiger partial charge < -0.3 is 14.5 Å². The molecule has 5 heterocycles. The maximum Gasteiger partial charge on any atom is 0.216 e. The summed E-state index contributed by atoms with van der Waals surface area (Å²) in [5, 5.41) is 5.68. The van der Waals surface area contributed by atoms with Crippen LogP contribution in [0.2, 0.25) is 0 Å². The molecule has 7 nitrogen and oxygen atoms in total. The third-order valence-electron chi connectivity index (χ3n) is 5.34. The van der Waals surface area contributed by atoms with Gasteiger partial charge >= 0.3 is 0 Å². The summed E-state index contributed by atoms with van der Waals surface area (Å²) >= 11 is 0. The van der Waals surface area contributed by atoms with E-state index in [1.54, 1.807) is 0 Å². The lowest BCUT2D eigenvalue weighted by Crippen LogP contribution is -2.51. The third kappa shape index (κ3) is 3.13. The zero-order valence-corrected chi connectivity index (χ0v) is 14.4. The number of fused-ring (bicyclic) bond motifs is 2. The number of aromatic nitrogens is 1. The predicted molar refractivity (Wildman–Crippen MR) is 92.8 cm³/mol. The van der Waals surface area contributed by atoms with Gasteiger partial charge in [0.1, 0.15) is 6.23 Å². The van der Waals surface area contributed by atoms with E-state index in [-0.39, 0.29) is 12.3 Å². The summed E-state index contributed by atoms with van der Waals surface area (Å²) in [5.74, 6) is 0.828. The Labute approximate surface area is 147 Å². The molecule has 2 saturated heterocycles. The van der Waals surface area contributed by atoms with Gasteiger partial charge in [0.15, 0.2) is 0 Å². The van der Waals surface area contributed by atoms with E-state index in [2.05, 4.69) is 37.8 Å². The molecule has 134 valence electrons. The molecule has 2 N–H and O–H groups in total. The van der Waals surface area contributed by atoms with Crippen molar-refractivity contribution in [2.45, 2.75) is 31.7 Å². The van der Waals surface area contributed by atoms with Crippen molar-refractivity contribution in [3.05, 3.63) is 35.2 Å². The third-order valence-corrected chi connectivity index (χ3v) is 5.34. The van der Waals surface area contributed by atoms with Crippen molar-refractivity contribution >= 4 is 0 Å². The van der Waals surface area contributed by atoms with E-state index in [0.717, 1.165) is 64.7 Å². The first-order valence-electron chi connectivity index (χ1n) is 9.27. The van der Waals surface area contributed by atoms with Crippen LogP contribution in [0.5, 0.6) is 5.88 Å². The molecule has 4 aliphatic heterocycles. The number of hydrazine groups is 1. The average Bonchev–Trinajstić information content (AvgIpc) is 3.30. The Kier molecular flexibility index (Phi) is 4.09.